The molecule has 0 bridgehead atoms. The average molecular weight is 477 g/mol. The zero-order valence-corrected chi connectivity index (χ0v) is 20.2. The van der Waals surface area contributed by atoms with E-state index in [1.54, 1.807) is 30.3 Å². The number of aryl methyl sites for hydroxylation is 1. The molecule has 0 aromatic heterocycles. The molecule has 0 saturated heterocycles. The number of benzene rings is 3. The van der Waals surface area contributed by atoms with Gasteiger partial charge in [0.15, 0.2) is 11.5 Å². The molecule has 3 atom stereocenters. The van der Waals surface area contributed by atoms with Crippen LogP contribution in [0.15, 0.2) is 77.7 Å². The Morgan fingerprint density at radius 3 is 2.56 bits per heavy atom. The van der Waals surface area contributed by atoms with Crippen molar-refractivity contribution >= 4 is 21.4 Å². The molecule has 0 amide bonds. The summed E-state index contributed by atoms with van der Waals surface area (Å²) < 4.78 is 39.7. The average Bonchev–Trinajstić information content (AvgIpc) is 3.33. The first-order chi connectivity index (χ1) is 16.4. The Labute approximate surface area is 200 Å². The number of hydrogen-bond donors (Lipinski definition) is 2. The number of allylic oxidation sites excluding steroid dienone is 2. The van der Waals surface area contributed by atoms with Crippen molar-refractivity contribution in [3.05, 3.63) is 89.5 Å². The lowest BCUT2D eigenvalue weighted by molar-refractivity contribution is 0.355. The molecule has 0 unspecified atom stereocenters. The van der Waals surface area contributed by atoms with Gasteiger partial charge in [0, 0.05) is 17.7 Å². The van der Waals surface area contributed by atoms with Gasteiger partial charge in [0.2, 0.25) is 0 Å². The zero-order chi connectivity index (χ0) is 23.9. The van der Waals surface area contributed by atoms with Crippen LogP contribution in [0.1, 0.15) is 35.1 Å². The van der Waals surface area contributed by atoms with Crippen molar-refractivity contribution in [3.8, 4) is 11.5 Å². The van der Waals surface area contributed by atoms with Crippen LogP contribution in [-0.4, -0.2) is 22.6 Å². The van der Waals surface area contributed by atoms with E-state index in [1.807, 2.05) is 6.07 Å². The monoisotopic (exact) mass is 476 g/mol. The maximum Gasteiger partial charge on any atom is 0.261 e. The van der Waals surface area contributed by atoms with Crippen molar-refractivity contribution in [2.24, 2.45) is 5.92 Å². The van der Waals surface area contributed by atoms with Gasteiger partial charge in [-0.3, -0.25) is 4.72 Å². The molecule has 0 radical (unpaired) electrons. The fourth-order valence-electron chi connectivity index (χ4n) is 5.05. The predicted octanol–water partition coefficient (Wildman–Crippen LogP) is 5.64. The van der Waals surface area contributed by atoms with Gasteiger partial charge in [-0.1, -0.05) is 42.0 Å². The molecular formula is C27H28N2O4S. The zero-order valence-electron chi connectivity index (χ0n) is 19.4. The minimum absolute atomic E-state index is 0.165. The largest absolute Gasteiger partial charge is 0.493 e. The molecule has 3 aromatic rings. The second-order valence-corrected chi connectivity index (χ2v) is 10.5. The van der Waals surface area contributed by atoms with E-state index in [9.17, 15) is 8.42 Å². The fraction of sp³-hybridized carbons (Fsp3) is 0.259. The van der Waals surface area contributed by atoms with Gasteiger partial charge >= 0.3 is 0 Å². The number of hydrogen-bond acceptors (Lipinski definition) is 5. The van der Waals surface area contributed by atoms with E-state index in [4.69, 9.17) is 9.47 Å². The highest BCUT2D eigenvalue weighted by Gasteiger charge is 2.38. The van der Waals surface area contributed by atoms with Crippen LogP contribution in [-0.2, 0) is 10.0 Å². The van der Waals surface area contributed by atoms with Crippen LogP contribution in [0.25, 0.3) is 0 Å². The van der Waals surface area contributed by atoms with Crippen molar-refractivity contribution in [3.63, 3.8) is 0 Å². The molecule has 3 aromatic carbocycles. The summed E-state index contributed by atoms with van der Waals surface area (Å²) in [6.45, 7) is 2.10. The minimum atomic E-state index is -3.79. The van der Waals surface area contributed by atoms with Gasteiger partial charge in [0.25, 0.3) is 10.0 Å². The first-order valence-electron chi connectivity index (χ1n) is 11.3. The van der Waals surface area contributed by atoms with Crippen molar-refractivity contribution in [2.75, 3.05) is 24.3 Å². The normalized spacial score (nSPS) is 20.7. The van der Waals surface area contributed by atoms with E-state index in [-0.39, 0.29) is 16.9 Å². The Balaban J connectivity index is 1.46. The number of anilines is 2. The highest BCUT2D eigenvalue weighted by molar-refractivity contribution is 7.92. The van der Waals surface area contributed by atoms with Crippen LogP contribution >= 0.6 is 0 Å². The Bertz CT molecular complexity index is 1370. The summed E-state index contributed by atoms with van der Waals surface area (Å²) in [5.41, 5.74) is 4.89. The molecule has 6 nitrogen and oxygen atoms in total. The molecule has 1 aliphatic heterocycles. The van der Waals surface area contributed by atoms with E-state index in [0.29, 0.717) is 23.1 Å². The van der Waals surface area contributed by atoms with E-state index in [1.165, 1.54) is 25.3 Å². The Morgan fingerprint density at radius 2 is 1.79 bits per heavy atom. The number of rotatable bonds is 6. The quantitative estimate of drug-likeness (QED) is 0.450. The van der Waals surface area contributed by atoms with Crippen molar-refractivity contribution < 1.29 is 17.9 Å². The minimum Gasteiger partial charge on any atom is -0.493 e. The molecule has 0 fully saturated rings. The predicted molar refractivity (Wildman–Crippen MR) is 134 cm³/mol. The molecule has 5 rings (SSSR count). The van der Waals surface area contributed by atoms with Crippen LogP contribution < -0.4 is 19.5 Å². The van der Waals surface area contributed by atoms with Crippen molar-refractivity contribution in [1.29, 1.82) is 0 Å². The second kappa shape index (κ2) is 8.72. The standard InChI is InChI=1S/C27H28N2O4S/c1-17-6-4-7-18(14-17)27-22-9-5-8-21(22)23-16-20(11-12-24(23)28-27)34(30,31)29-19-10-13-25(32-2)26(15-19)33-3/h4-8,10-16,21-22,27-29H,9H2,1-3H3/t21-,22+,27+/m0/s1. The lowest BCUT2D eigenvalue weighted by atomic mass is 9.77. The third kappa shape index (κ3) is 4.01. The molecule has 7 heteroatoms. The van der Waals surface area contributed by atoms with Gasteiger partial charge in [-0.25, -0.2) is 8.42 Å². The molecule has 0 saturated carbocycles. The van der Waals surface area contributed by atoms with Crippen LogP contribution in [0.5, 0.6) is 11.5 Å². The SMILES string of the molecule is COc1ccc(NS(=O)(=O)c2ccc3c(c2)[C@H]2C=CC[C@H]2[C@@H](c2cccc(C)c2)N3)cc1OC. The molecule has 0 spiro atoms. The molecule has 176 valence electrons. The van der Waals surface area contributed by atoms with Gasteiger partial charge in [-0.15, -0.1) is 0 Å². The third-order valence-corrected chi connectivity index (χ3v) is 8.06. The van der Waals surface area contributed by atoms with Crippen LogP contribution in [0.2, 0.25) is 0 Å². The fourth-order valence-corrected chi connectivity index (χ4v) is 6.13. The number of sulfonamides is 1. The van der Waals surface area contributed by atoms with Crippen LogP contribution in [0, 0.1) is 12.8 Å². The molecule has 2 N–H and O–H groups in total. The van der Waals surface area contributed by atoms with E-state index in [2.05, 4.69) is 53.4 Å². The number of fused-ring (bicyclic) bond motifs is 3. The van der Waals surface area contributed by atoms with Crippen LogP contribution in [0.4, 0.5) is 11.4 Å². The highest BCUT2D eigenvalue weighted by atomic mass is 32.2. The summed E-state index contributed by atoms with van der Waals surface area (Å²) in [6, 6.07) is 19.0. The topological polar surface area (TPSA) is 76.7 Å². The summed E-state index contributed by atoms with van der Waals surface area (Å²) in [4.78, 5) is 0.232. The number of ether oxygens (including phenoxy) is 2. The van der Waals surface area contributed by atoms with Gasteiger partial charge < -0.3 is 14.8 Å². The van der Waals surface area contributed by atoms with Crippen LogP contribution in [0.3, 0.4) is 0 Å². The summed E-state index contributed by atoms with van der Waals surface area (Å²) in [5.74, 6) is 1.50. The first kappa shape index (κ1) is 22.3. The Morgan fingerprint density at radius 1 is 0.971 bits per heavy atom. The smallest absolute Gasteiger partial charge is 0.261 e. The van der Waals surface area contributed by atoms with Gasteiger partial charge in [0.1, 0.15) is 0 Å². The maximum atomic E-state index is 13.2. The molecule has 1 aliphatic carbocycles. The van der Waals surface area contributed by atoms with Crippen molar-refractivity contribution in [2.45, 2.75) is 30.2 Å². The summed E-state index contributed by atoms with van der Waals surface area (Å²) >= 11 is 0. The Kier molecular flexibility index (Phi) is 5.73. The van der Waals surface area contributed by atoms with E-state index in [0.717, 1.165) is 17.7 Å². The first-order valence-corrected chi connectivity index (χ1v) is 12.8. The number of nitrogens with one attached hydrogen (secondary N) is 2. The molecular weight excluding hydrogens is 448 g/mol. The highest BCUT2D eigenvalue weighted by Crippen LogP contribution is 2.50. The summed E-state index contributed by atoms with van der Waals surface area (Å²) in [7, 11) is -0.735. The van der Waals surface area contributed by atoms with Gasteiger partial charge in [0.05, 0.1) is 30.8 Å². The van der Waals surface area contributed by atoms with E-state index >= 15 is 0 Å². The van der Waals surface area contributed by atoms with Crippen molar-refractivity contribution in [1.82, 2.24) is 0 Å². The third-order valence-electron chi connectivity index (χ3n) is 6.68. The maximum absolute atomic E-state index is 13.2. The lowest BCUT2D eigenvalue weighted by Crippen LogP contribution is -2.29. The second-order valence-electron chi connectivity index (χ2n) is 8.81. The van der Waals surface area contributed by atoms with Gasteiger partial charge in [-0.05, 0) is 60.7 Å². The Hall–Kier alpha value is -3.45. The number of methoxy groups -OCH3 is 2. The molecule has 1 heterocycles. The van der Waals surface area contributed by atoms with E-state index < -0.39 is 10.0 Å². The lowest BCUT2D eigenvalue weighted by Gasteiger charge is -2.37. The van der Waals surface area contributed by atoms with Gasteiger partial charge in [-0.2, -0.15) is 0 Å². The summed E-state index contributed by atoms with van der Waals surface area (Å²) in [6.07, 6.45) is 5.37. The molecule has 2 aliphatic rings. The molecule has 34 heavy (non-hydrogen) atoms. The summed E-state index contributed by atoms with van der Waals surface area (Å²) in [5, 5.41) is 3.68.